The van der Waals surface area contributed by atoms with Crippen molar-refractivity contribution in [2.45, 2.75) is 6.54 Å². The van der Waals surface area contributed by atoms with Gasteiger partial charge in [-0.15, -0.1) is 0 Å². The molecule has 0 radical (unpaired) electrons. The lowest BCUT2D eigenvalue weighted by Crippen LogP contribution is -2.04. The van der Waals surface area contributed by atoms with E-state index in [0.29, 0.717) is 18.1 Å². The van der Waals surface area contributed by atoms with Crippen molar-refractivity contribution in [2.75, 3.05) is 5.32 Å². The first-order valence-corrected chi connectivity index (χ1v) is 4.97. The average Bonchev–Trinajstić information content (AvgIpc) is 2.33. The lowest BCUT2D eigenvalue weighted by molar-refractivity contribution is 0.632. The van der Waals surface area contributed by atoms with Crippen LogP contribution in [0, 0.1) is 5.82 Å². The molecule has 0 unspecified atom stereocenters. The van der Waals surface area contributed by atoms with Gasteiger partial charge in [-0.05, 0) is 18.2 Å². The summed E-state index contributed by atoms with van der Waals surface area (Å²) in [7, 11) is 0. The van der Waals surface area contributed by atoms with E-state index in [1.54, 1.807) is 30.5 Å². The summed E-state index contributed by atoms with van der Waals surface area (Å²) in [5.41, 5.74) is 6.82. The number of benzene rings is 1. The second-order valence-electron chi connectivity index (χ2n) is 3.32. The highest BCUT2D eigenvalue weighted by molar-refractivity contribution is 5.59. The molecule has 82 valence electrons. The SMILES string of the molecule is NCc1cccnc1Nc1ccccc1F. The van der Waals surface area contributed by atoms with Crippen molar-refractivity contribution in [1.29, 1.82) is 0 Å². The predicted octanol–water partition coefficient (Wildman–Crippen LogP) is 2.42. The van der Waals surface area contributed by atoms with Crippen molar-refractivity contribution in [3.63, 3.8) is 0 Å². The van der Waals surface area contributed by atoms with E-state index in [1.165, 1.54) is 6.07 Å². The molecule has 0 fully saturated rings. The van der Waals surface area contributed by atoms with Crippen LogP contribution < -0.4 is 11.1 Å². The first-order chi connectivity index (χ1) is 7.81. The first kappa shape index (κ1) is 10.6. The predicted molar refractivity (Wildman–Crippen MR) is 61.8 cm³/mol. The summed E-state index contributed by atoms with van der Waals surface area (Å²) in [5, 5.41) is 2.93. The Labute approximate surface area is 93.1 Å². The molecule has 0 aliphatic rings. The van der Waals surface area contributed by atoms with Crippen LogP contribution in [0.5, 0.6) is 0 Å². The Hall–Kier alpha value is -1.94. The quantitative estimate of drug-likeness (QED) is 0.830. The van der Waals surface area contributed by atoms with Crippen molar-refractivity contribution >= 4 is 11.5 Å². The summed E-state index contributed by atoms with van der Waals surface area (Å²) in [6.07, 6.45) is 1.64. The zero-order chi connectivity index (χ0) is 11.4. The van der Waals surface area contributed by atoms with E-state index in [1.807, 2.05) is 6.07 Å². The minimum Gasteiger partial charge on any atom is -0.338 e. The van der Waals surface area contributed by atoms with Gasteiger partial charge in [-0.25, -0.2) is 9.37 Å². The van der Waals surface area contributed by atoms with E-state index in [0.717, 1.165) is 5.56 Å². The highest BCUT2D eigenvalue weighted by Gasteiger charge is 2.04. The molecule has 0 saturated carbocycles. The Kier molecular flexibility index (Phi) is 3.12. The maximum Gasteiger partial charge on any atom is 0.146 e. The van der Waals surface area contributed by atoms with Crippen molar-refractivity contribution in [2.24, 2.45) is 5.73 Å². The lowest BCUT2D eigenvalue weighted by Gasteiger charge is -2.09. The number of halogens is 1. The van der Waals surface area contributed by atoms with Gasteiger partial charge in [0.15, 0.2) is 0 Å². The molecule has 3 nitrogen and oxygen atoms in total. The minimum absolute atomic E-state index is 0.309. The fourth-order valence-electron chi connectivity index (χ4n) is 1.41. The van der Waals surface area contributed by atoms with Crippen LogP contribution in [0.25, 0.3) is 0 Å². The van der Waals surface area contributed by atoms with Crippen LogP contribution in [0.3, 0.4) is 0 Å². The van der Waals surface area contributed by atoms with Gasteiger partial charge >= 0.3 is 0 Å². The van der Waals surface area contributed by atoms with Crippen LogP contribution in [0.1, 0.15) is 5.56 Å². The number of para-hydroxylation sites is 1. The molecular weight excluding hydrogens is 205 g/mol. The van der Waals surface area contributed by atoms with Crippen LogP contribution in [0.4, 0.5) is 15.9 Å². The van der Waals surface area contributed by atoms with E-state index in [9.17, 15) is 4.39 Å². The lowest BCUT2D eigenvalue weighted by atomic mass is 10.2. The van der Waals surface area contributed by atoms with Crippen molar-refractivity contribution in [3.05, 3.63) is 54.0 Å². The molecule has 3 N–H and O–H groups in total. The van der Waals surface area contributed by atoms with Gasteiger partial charge in [0.25, 0.3) is 0 Å². The van der Waals surface area contributed by atoms with Crippen LogP contribution >= 0.6 is 0 Å². The highest BCUT2D eigenvalue weighted by Crippen LogP contribution is 2.20. The fraction of sp³-hybridized carbons (Fsp3) is 0.0833. The maximum atomic E-state index is 13.4. The number of pyridine rings is 1. The van der Waals surface area contributed by atoms with Gasteiger partial charge in [-0.2, -0.15) is 0 Å². The third-order valence-electron chi connectivity index (χ3n) is 2.24. The summed E-state index contributed by atoms with van der Waals surface area (Å²) < 4.78 is 13.4. The van der Waals surface area contributed by atoms with Gasteiger partial charge < -0.3 is 11.1 Å². The molecule has 4 heteroatoms. The van der Waals surface area contributed by atoms with Crippen LogP contribution in [0.2, 0.25) is 0 Å². The summed E-state index contributed by atoms with van der Waals surface area (Å²) in [6, 6.07) is 10.1. The molecule has 0 aliphatic carbocycles. The molecule has 0 aliphatic heterocycles. The fourth-order valence-corrected chi connectivity index (χ4v) is 1.41. The maximum absolute atomic E-state index is 13.4. The number of hydrogen-bond acceptors (Lipinski definition) is 3. The standard InChI is InChI=1S/C12H12FN3/c13-10-5-1-2-6-11(10)16-12-9(8-14)4-3-7-15-12/h1-7H,8,14H2,(H,15,16). The number of nitrogens with one attached hydrogen (secondary N) is 1. The van der Waals surface area contributed by atoms with E-state index in [-0.39, 0.29) is 5.82 Å². The van der Waals surface area contributed by atoms with Gasteiger partial charge in [0.2, 0.25) is 0 Å². The molecule has 2 rings (SSSR count). The number of aromatic nitrogens is 1. The Balaban J connectivity index is 2.30. The van der Waals surface area contributed by atoms with Crippen molar-refractivity contribution < 1.29 is 4.39 Å². The normalized spacial score (nSPS) is 10.1. The van der Waals surface area contributed by atoms with Gasteiger partial charge in [0, 0.05) is 18.3 Å². The molecule has 1 aromatic carbocycles. The molecule has 0 amide bonds. The molecule has 0 atom stereocenters. The number of hydrogen-bond donors (Lipinski definition) is 2. The van der Waals surface area contributed by atoms with E-state index in [4.69, 9.17) is 5.73 Å². The van der Waals surface area contributed by atoms with Crippen LogP contribution in [-0.2, 0) is 6.54 Å². The molecule has 2 aromatic rings. The second kappa shape index (κ2) is 4.72. The summed E-state index contributed by atoms with van der Waals surface area (Å²) in [5.74, 6) is 0.284. The monoisotopic (exact) mass is 217 g/mol. The van der Waals surface area contributed by atoms with Crippen LogP contribution in [0.15, 0.2) is 42.6 Å². The average molecular weight is 217 g/mol. The number of rotatable bonds is 3. The highest BCUT2D eigenvalue weighted by atomic mass is 19.1. The first-order valence-electron chi connectivity index (χ1n) is 4.97. The van der Waals surface area contributed by atoms with Crippen molar-refractivity contribution in [1.82, 2.24) is 4.98 Å². The molecule has 0 bridgehead atoms. The largest absolute Gasteiger partial charge is 0.338 e. The minimum atomic E-state index is -0.309. The Morgan fingerprint density at radius 3 is 2.75 bits per heavy atom. The number of nitrogens with zero attached hydrogens (tertiary/aromatic N) is 1. The van der Waals surface area contributed by atoms with Gasteiger partial charge in [-0.1, -0.05) is 18.2 Å². The van der Waals surface area contributed by atoms with Gasteiger partial charge in [0.1, 0.15) is 11.6 Å². The molecule has 16 heavy (non-hydrogen) atoms. The van der Waals surface area contributed by atoms with E-state index in [2.05, 4.69) is 10.3 Å². The smallest absolute Gasteiger partial charge is 0.146 e. The zero-order valence-electron chi connectivity index (χ0n) is 8.65. The third kappa shape index (κ3) is 2.17. The Morgan fingerprint density at radius 2 is 2.00 bits per heavy atom. The van der Waals surface area contributed by atoms with Crippen LogP contribution in [-0.4, -0.2) is 4.98 Å². The third-order valence-corrected chi connectivity index (χ3v) is 2.24. The van der Waals surface area contributed by atoms with E-state index < -0.39 is 0 Å². The Bertz CT molecular complexity index is 485. The molecule has 0 saturated heterocycles. The molecular formula is C12H12FN3. The van der Waals surface area contributed by atoms with Crippen molar-refractivity contribution in [3.8, 4) is 0 Å². The summed E-state index contributed by atoms with van der Waals surface area (Å²) in [6.45, 7) is 0.366. The topological polar surface area (TPSA) is 50.9 Å². The second-order valence-corrected chi connectivity index (χ2v) is 3.32. The zero-order valence-corrected chi connectivity index (χ0v) is 8.65. The number of nitrogens with two attached hydrogens (primary N) is 1. The molecule has 1 aromatic heterocycles. The summed E-state index contributed by atoms with van der Waals surface area (Å²) in [4.78, 5) is 4.13. The molecule has 1 heterocycles. The van der Waals surface area contributed by atoms with Gasteiger partial charge in [-0.3, -0.25) is 0 Å². The Morgan fingerprint density at radius 1 is 1.19 bits per heavy atom. The van der Waals surface area contributed by atoms with Gasteiger partial charge in [0.05, 0.1) is 5.69 Å². The molecule has 0 spiro atoms. The number of anilines is 2. The summed E-state index contributed by atoms with van der Waals surface area (Å²) >= 11 is 0. The van der Waals surface area contributed by atoms with E-state index >= 15 is 0 Å².